The van der Waals surface area contributed by atoms with Crippen molar-refractivity contribution in [3.8, 4) is 0 Å². The van der Waals surface area contributed by atoms with Crippen LogP contribution in [0.4, 0.5) is 0 Å². The monoisotopic (exact) mass is 192 g/mol. The van der Waals surface area contributed by atoms with E-state index < -0.39 is 0 Å². The van der Waals surface area contributed by atoms with E-state index in [1.165, 1.54) is 11.1 Å². The Kier molecular flexibility index (Phi) is 4.68. The Hall–Kier alpha value is -0.820. The van der Waals surface area contributed by atoms with Crippen molar-refractivity contribution in [2.45, 2.75) is 45.6 Å². The van der Waals surface area contributed by atoms with E-state index in [1.807, 2.05) is 6.07 Å². The maximum absolute atomic E-state index is 9.72. The van der Waals surface area contributed by atoms with Crippen LogP contribution in [0.3, 0.4) is 0 Å². The van der Waals surface area contributed by atoms with Gasteiger partial charge in [0.15, 0.2) is 0 Å². The van der Waals surface area contributed by atoms with Crippen LogP contribution in [0.25, 0.3) is 0 Å². The molecule has 1 N–H and O–H groups in total. The van der Waals surface area contributed by atoms with Gasteiger partial charge in [-0.1, -0.05) is 44.5 Å². The number of rotatable bonds is 5. The molecule has 14 heavy (non-hydrogen) atoms. The molecule has 0 fully saturated rings. The van der Waals surface area contributed by atoms with E-state index in [0.717, 1.165) is 25.7 Å². The van der Waals surface area contributed by atoms with Crippen molar-refractivity contribution in [2.24, 2.45) is 0 Å². The molecule has 1 atom stereocenters. The fraction of sp³-hybridized carbons (Fsp3) is 0.538. The topological polar surface area (TPSA) is 20.2 Å². The van der Waals surface area contributed by atoms with Gasteiger partial charge in [-0.3, -0.25) is 0 Å². The van der Waals surface area contributed by atoms with Gasteiger partial charge in [-0.05, 0) is 30.4 Å². The summed E-state index contributed by atoms with van der Waals surface area (Å²) in [5, 5.41) is 9.72. The summed E-state index contributed by atoms with van der Waals surface area (Å²) in [7, 11) is 0. The first-order valence-electron chi connectivity index (χ1n) is 5.52. The predicted octanol–water partition coefficient (Wildman–Crippen LogP) is 2.95. The van der Waals surface area contributed by atoms with Gasteiger partial charge < -0.3 is 5.11 Å². The lowest BCUT2D eigenvalue weighted by atomic mass is 9.98. The summed E-state index contributed by atoms with van der Waals surface area (Å²) in [6, 6.07) is 8.38. The maximum atomic E-state index is 9.72. The minimum Gasteiger partial charge on any atom is -0.393 e. The summed E-state index contributed by atoms with van der Waals surface area (Å²) in [4.78, 5) is 0. The van der Waals surface area contributed by atoms with Crippen LogP contribution in [0.15, 0.2) is 24.3 Å². The van der Waals surface area contributed by atoms with Gasteiger partial charge in [0.05, 0.1) is 6.10 Å². The molecule has 1 unspecified atom stereocenters. The number of hydrogen-bond acceptors (Lipinski definition) is 1. The Bertz CT molecular complexity index is 268. The standard InChI is InChI=1S/C13H20O/c1-3-7-13(14)10-12-9-6-5-8-11(12)4-2/h5-6,8-9,13-14H,3-4,7,10H2,1-2H3. The molecule has 1 aromatic rings. The van der Waals surface area contributed by atoms with Crippen LogP contribution in [0.2, 0.25) is 0 Å². The molecule has 1 heteroatoms. The second-order valence-electron chi connectivity index (χ2n) is 3.77. The molecule has 0 radical (unpaired) electrons. The first kappa shape index (κ1) is 11.3. The molecule has 1 rings (SSSR count). The number of aliphatic hydroxyl groups excluding tert-OH is 1. The Morgan fingerprint density at radius 1 is 1.14 bits per heavy atom. The van der Waals surface area contributed by atoms with Crippen LogP contribution >= 0.6 is 0 Å². The van der Waals surface area contributed by atoms with Gasteiger partial charge in [0.25, 0.3) is 0 Å². The Morgan fingerprint density at radius 2 is 1.79 bits per heavy atom. The van der Waals surface area contributed by atoms with Crippen molar-refractivity contribution in [3.05, 3.63) is 35.4 Å². The summed E-state index contributed by atoms with van der Waals surface area (Å²) in [5.74, 6) is 0. The maximum Gasteiger partial charge on any atom is 0.0580 e. The Balaban J connectivity index is 2.65. The van der Waals surface area contributed by atoms with E-state index in [0.29, 0.717) is 0 Å². The van der Waals surface area contributed by atoms with Gasteiger partial charge in [-0.15, -0.1) is 0 Å². The summed E-state index contributed by atoms with van der Waals surface area (Å²) >= 11 is 0. The first-order chi connectivity index (χ1) is 6.77. The highest BCUT2D eigenvalue weighted by Crippen LogP contribution is 2.13. The summed E-state index contributed by atoms with van der Waals surface area (Å²) in [6.45, 7) is 4.26. The van der Waals surface area contributed by atoms with E-state index >= 15 is 0 Å². The lowest BCUT2D eigenvalue weighted by Crippen LogP contribution is -2.11. The molecule has 0 spiro atoms. The smallest absolute Gasteiger partial charge is 0.0580 e. The number of benzene rings is 1. The van der Waals surface area contributed by atoms with Crippen LogP contribution in [0.1, 0.15) is 37.8 Å². The Morgan fingerprint density at radius 3 is 2.36 bits per heavy atom. The van der Waals surface area contributed by atoms with Crippen molar-refractivity contribution in [2.75, 3.05) is 0 Å². The first-order valence-corrected chi connectivity index (χ1v) is 5.52. The van der Waals surface area contributed by atoms with Crippen molar-refractivity contribution < 1.29 is 5.11 Å². The quantitative estimate of drug-likeness (QED) is 0.760. The van der Waals surface area contributed by atoms with Crippen LogP contribution in [0, 0.1) is 0 Å². The highest BCUT2D eigenvalue weighted by molar-refractivity contribution is 5.27. The SMILES string of the molecule is CCCC(O)Cc1ccccc1CC. The zero-order valence-corrected chi connectivity index (χ0v) is 9.16. The fourth-order valence-corrected chi connectivity index (χ4v) is 1.79. The van der Waals surface area contributed by atoms with Crippen LogP contribution in [-0.2, 0) is 12.8 Å². The molecule has 0 heterocycles. The fourth-order valence-electron chi connectivity index (χ4n) is 1.79. The lowest BCUT2D eigenvalue weighted by Gasteiger charge is -2.12. The van der Waals surface area contributed by atoms with Crippen molar-refractivity contribution in [1.29, 1.82) is 0 Å². The van der Waals surface area contributed by atoms with E-state index in [2.05, 4.69) is 32.0 Å². The van der Waals surface area contributed by atoms with E-state index in [4.69, 9.17) is 0 Å². The van der Waals surface area contributed by atoms with Crippen LogP contribution in [-0.4, -0.2) is 11.2 Å². The molecular formula is C13H20O. The summed E-state index contributed by atoms with van der Waals surface area (Å²) in [5.41, 5.74) is 2.67. The highest BCUT2D eigenvalue weighted by Gasteiger charge is 2.06. The Labute approximate surface area is 86.8 Å². The van der Waals surface area contributed by atoms with Gasteiger partial charge in [-0.2, -0.15) is 0 Å². The molecule has 1 aromatic carbocycles. The van der Waals surface area contributed by atoms with Gasteiger partial charge in [0.1, 0.15) is 0 Å². The van der Waals surface area contributed by atoms with Crippen molar-refractivity contribution in [1.82, 2.24) is 0 Å². The molecule has 0 saturated heterocycles. The molecule has 0 aliphatic carbocycles. The second kappa shape index (κ2) is 5.82. The van der Waals surface area contributed by atoms with Crippen LogP contribution < -0.4 is 0 Å². The molecule has 78 valence electrons. The van der Waals surface area contributed by atoms with Gasteiger partial charge in [0.2, 0.25) is 0 Å². The van der Waals surface area contributed by atoms with Crippen molar-refractivity contribution >= 4 is 0 Å². The molecule has 0 amide bonds. The van der Waals surface area contributed by atoms with Gasteiger partial charge in [0, 0.05) is 0 Å². The third-order valence-corrected chi connectivity index (χ3v) is 2.58. The molecule has 0 aliphatic rings. The zero-order valence-electron chi connectivity index (χ0n) is 9.16. The number of hydrogen-bond donors (Lipinski definition) is 1. The zero-order chi connectivity index (χ0) is 10.4. The van der Waals surface area contributed by atoms with Gasteiger partial charge in [-0.25, -0.2) is 0 Å². The number of aryl methyl sites for hydroxylation is 1. The summed E-state index contributed by atoms with van der Waals surface area (Å²) < 4.78 is 0. The molecule has 0 bridgehead atoms. The average molecular weight is 192 g/mol. The van der Waals surface area contributed by atoms with Crippen molar-refractivity contribution in [3.63, 3.8) is 0 Å². The molecule has 0 aromatic heterocycles. The van der Waals surface area contributed by atoms with Gasteiger partial charge >= 0.3 is 0 Å². The predicted molar refractivity (Wildman–Crippen MR) is 60.4 cm³/mol. The minimum atomic E-state index is -0.173. The average Bonchev–Trinajstić information content (AvgIpc) is 2.19. The molecule has 0 aliphatic heterocycles. The minimum absolute atomic E-state index is 0.173. The summed E-state index contributed by atoms with van der Waals surface area (Å²) in [6.07, 6.45) is 3.63. The number of aliphatic hydroxyl groups is 1. The van der Waals surface area contributed by atoms with Crippen LogP contribution in [0.5, 0.6) is 0 Å². The third-order valence-electron chi connectivity index (χ3n) is 2.58. The second-order valence-corrected chi connectivity index (χ2v) is 3.77. The third kappa shape index (κ3) is 3.15. The molecule has 0 saturated carbocycles. The van der Waals surface area contributed by atoms with E-state index in [1.54, 1.807) is 0 Å². The van der Waals surface area contributed by atoms with E-state index in [-0.39, 0.29) is 6.10 Å². The largest absolute Gasteiger partial charge is 0.393 e. The highest BCUT2D eigenvalue weighted by atomic mass is 16.3. The molecule has 1 nitrogen and oxygen atoms in total. The lowest BCUT2D eigenvalue weighted by molar-refractivity contribution is 0.163. The normalized spacial score (nSPS) is 12.8. The van der Waals surface area contributed by atoms with E-state index in [9.17, 15) is 5.11 Å². The molecular weight excluding hydrogens is 172 g/mol.